The topological polar surface area (TPSA) is 92.9 Å². The molecule has 21 heavy (non-hydrogen) atoms. The molecule has 0 aliphatic carbocycles. The van der Waals surface area contributed by atoms with E-state index >= 15 is 0 Å². The van der Waals surface area contributed by atoms with Crippen LogP contribution in [-0.2, 0) is 16.0 Å². The van der Waals surface area contributed by atoms with Gasteiger partial charge >= 0.3 is 5.97 Å². The Kier molecular flexibility index (Phi) is 4.54. The number of carboxylic acids is 1. The lowest BCUT2D eigenvalue weighted by molar-refractivity contribution is -0.384. The van der Waals surface area contributed by atoms with Crippen LogP contribution in [0.25, 0.3) is 0 Å². The van der Waals surface area contributed by atoms with Crippen molar-refractivity contribution >= 4 is 11.7 Å². The van der Waals surface area contributed by atoms with E-state index in [0.717, 1.165) is 0 Å². The van der Waals surface area contributed by atoms with E-state index < -0.39 is 16.4 Å². The van der Waals surface area contributed by atoms with Crippen LogP contribution >= 0.6 is 0 Å². The molecule has 7 heteroatoms. The predicted octanol–water partition coefficient (Wildman–Crippen LogP) is 1.31. The zero-order valence-corrected chi connectivity index (χ0v) is 11.8. The van der Waals surface area contributed by atoms with Crippen molar-refractivity contribution in [2.24, 2.45) is 0 Å². The molecular weight excluding hydrogens is 276 g/mol. The zero-order valence-electron chi connectivity index (χ0n) is 11.8. The molecule has 1 saturated heterocycles. The summed E-state index contributed by atoms with van der Waals surface area (Å²) in [5, 5.41) is 20.4. The minimum Gasteiger partial charge on any atom is -0.480 e. The average Bonchev–Trinajstić information content (AvgIpc) is 2.48. The molecule has 2 rings (SSSR count). The van der Waals surface area contributed by atoms with Gasteiger partial charge in [-0.05, 0) is 12.5 Å². The number of rotatable bonds is 5. The number of nitro groups is 1. The van der Waals surface area contributed by atoms with Crippen LogP contribution in [0.4, 0.5) is 5.69 Å². The van der Waals surface area contributed by atoms with E-state index in [9.17, 15) is 20.0 Å². The summed E-state index contributed by atoms with van der Waals surface area (Å²) < 4.78 is 5.25. The summed E-state index contributed by atoms with van der Waals surface area (Å²) in [5.74, 6) is -0.934. The molecule has 1 unspecified atom stereocenters. The van der Waals surface area contributed by atoms with Crippen molar-refractivity contribution in [3.05, 3.63) is 39.9 Å². The Morgan fingerprint density at radius 1 is 1.48 bits per heavy atom. The van der Waals surface area contributed by atoms with E-state index in [4.69, 9.17) is 4.74 Å². The quantitative estimate of drug-likeness (QED) is 0.650. The molecule has 0 saturated carbocycles. The van der Waals surface area contributed by atoms with E-state index in [-0.39, 0.29) is 12.1 Å². The number of benzene rings is 1. The summed E-state index contributed by atoms with van der Waals surface area (Å²) in [5.41, 5.74) is -0.485. The Hall–Kier alpha value is -1.99. The average molecular weight is 294 g/mol. The number of nitro benzene ring substituents is 1. The lowest BCUT2D eigenvalue weighted by atomic mass is 9.90. The third kappa shape index (κ3) is 3.37. The Labute approximate surface area is 122 Å². The Morgan fingerprint density at radius 2 is 2.14 bits per heavy atom. The van der Waals surface area contributed by atoms with Gasteiger partial charge in [-0.2, -0.15) is 0 Å². The largest absolute Gasteiger partial charge is 0.480 e. The Morgan fingerprint density at radius 3 is 2.71 bits per heavy atom. The summed E-state index contributed by atoms with van der Waals surface area (Å²) >= 11 is 0. The SMILES string of the molecule is CC(Cc1cccc([N+](=O)[O-])c1)(C(=O)O)N1CCOCC1. The first kappa shape index (κ1) is 15.4. The number of hydrogen-bond donors (Lipinski definition) is 1. The van der Waals surface area contributed by atoms with E-state index in [1.807, 2.05) is 4.90 Å². The molecule has 1 fully saturated rings. The van der Waals surface area contributed by atoms with Crippen LogP contribution in [0, 0.1) is 10.1 Å². The van der Waals surface area contributed by atoms with Gasteiger partial charge in [0.1, 0.15) is 5.54 Å². The van der Waals surface area contributed by atoms with Gasteiger partial charge in [0, 0.05) is 31.6 Å². The van der Waals surface area contributed by atoms with Crippen molar-refractivity contribution < 1.29 is 19.6 Å². The second-order valence-corrected chi connectivity index (χ2v) is 5.28. The summed E-state index contributed by atoms with van der Waals surface area (Å²) in [6, 6.07) is 6.13. The van der Waals surface area contributed by atoms with Gasteiger partial charge in [-0.15, -0.1) is 0 Å². The standard InChI is InChI=1S/C14H18N2O5/c1-14(13(17)18,15-5-7-21-8-6-15)10-11-3-2-4-12(9-11)16(19)20/h2-4,9H,5-8,10H2,1H3,(H,17,18). The highest BCUT2D eigenvalue weighted by molar-refractivity contribution is 5.78. The summed E-state index contributed by atoms with van der Waals surface area (Å²) in [4.78, 5) is 23.9. The van der Waals surface area contributed by atoms with E-state index in [1.54, 1.807) is 19.1 Å². The molecule has 1 aliphatic heterocycles. The van der Waals surface area contributed by atoms with Gasteiger partial charge in [0.05, 0.1) is 18.1 Å². The van der Waals surface area contributed by atoms with Crippen LogP contribution in [0.1, 0.15) is 12.5 Å². The molecule has 0 radical (unpaired) electrons. The van der Waals surface area contributed by atoms with E-state index in [0.29, 0.717) is 31.9 Å². The monoisotopic (exact) mass is 294 g/mol. The second kappa shape index (κ2) is 6.19. The van der Waals surface area contributed by atoms with Crippen molar-refractivity contribution in [1.82, 2.24) is 4.90 Å². The first-order valence-corrected chi connectivity index (χ1v) is 6.73. The Bertz CT molecular complexity index is 542. The fourth-order valence-corrected chi connectivity index (χ4v) is 2.56. The van der Waals surface area contributed by atoms with E-state index in [1.165, 1.54) is 12.1 Å². The maximum Gasteiger partial charge on any atom is 0.324 e. The molecule has 0 spiro atoms. The minimum absolute atomic E-state index is 0.0257. The number of ether oxygens (including phenoxy) is 1. The molecule has 1 atom stereocenters. The number of aliphatic carboxylic acids is 1. The van der Waals surface area contributed by atoms with E-state index in [2.05, 4.69) is 0 Å². The number of nitrogens with zero attached hydrogens (tertiary/aromatic N) is 2. The normalized spacial score (nSPS) is 18.9. The molecule has 1 aromatic rings. The molecular formula is C14H18N2O5. The van der Waals surface area contributed by atoms with Crippen LogP contribution in [0.3, 0.4) is 0 Å². The van der Waals surface area contributed by atoms with Crippen molar-refractivity contribution in [3.8, 4) is 0 Å². The smallest absolute Gasteiger partial charge is 0.324 e. The van der Waals surface area contributed by atoms with Crippen LogP contribution in [0.5, 0.6) is 0 Å². The van der Waals surface area contributed by atoms with Gasteiger partial charge in [0.15, 0.2) is 0 Å². The molecule has 1 aromatic carbocycles. The van der Waals surface area contributed by atoms with Crippen LogP contribution < -0.4 is 0 Å². The number of carbonyl (C=O) groups is 1. The third-order valence-electron chi connectivity index (χ3n) is 3.84. The van der Waals surface area contributed by atoms with Gasteiger partial charge in [-0.1, -0.05) is 12.1 Å². The Balaban J connectivity index is 2.25. The molecule has 7 nitrogen and oxygen atoms in total. The third-order valence-corrected chi connectivity index (χ3v) is 3.84. The van der Waals surface area contributed by atoms with Crippen molar-refractivity contribution in [2.45, 2.75) is 18.9 Å². The summed E-state index contributed by atoms with van der Waals surface area (Å²) in [6.07, 6.45) is 0.212. The van der Waals surface area contributed by atoms with Crippen LogP contribution in [0.15, 0.2) is 24.3 Å². The number of morpholine rings is 1. The predicted molar refractivity (Wildman–Crippen MR) is 75.2 cm³/mol. The van der Waals surface area contributed by atoms with Crippen molar-refractivity contribution in [1.29, 1.82) is 0 Å². The molecule has 114 valence electrons. The molecule has 0 amide bonds. The highest BCUT2D eigenvalue weighted by atomic mass is 16.6. The zero-order chi connectivity index (χ0) is 15.5. The van der Waals surface area contributed by atoms with Gasteiger partial charge in [0.2, 0.25) is 0 Å². The van der Waals surface area contributed by atoms with Crippen molar-refractivity contribution in [2.75, 3.05) is 26.3 Å². The van der Waals surface area contributed by atoms with Crippen LogP contribution in [0.2, 0.25) is 0 Å². The number of carboxylic acid groups (broad SMARTS) is 1. The highest BCUT2D eigenvalue weighted by Crippen LogP contribution is 2.24. The van der Waals surface area contributed by atoms with Crippen molar-refractivity contribution in [3.63, 3.8) is 0 Å². The maximum atomic E-state index is 11.7. The number of hydrogen-bond acceptors (Lipinski definition) is 5. The molecule has 0 bridgehead atoms. The molecule has 1 aliphatic rings. The first-order chi connectivity index (χ1) is 9.93. The summed E-state index contributed by atoms with van der Waals surface area (Å²) in [7, 11) is 0. The fraction of sp³-hybridized carbons (Fsp3) is 0.500. The lowest BCUT2D eigenvalue weighted by Crippen LogP contribution is -2.57. The molecule has 1 heterocycles. The maximum absolute atomic E-state index is 11.7. The molecule has 0 aromatic heterocycles. The van der Waals surface area contributed by atoms with Gasteiger partial charge < -0.3 is 9.84 Å². The van der Waals surface area contributed by atoms with Crippen LogP contribution in [-0.4, -0.2) is 52.7 Å². The molecule has 1 N–H and O–H groups in total. The minimum atomic E-state index is -1.10. The van der Waals surface area contributed by atoms with Gasteiger partial charge in [-0.25, -0.2) is 0 Å². The highest BCUT2D eigenvalue weighted by Gasteiger charge is 2.40. The fourth-order valence-electron chi connectivity index (χ4n) is 2.56. The number of non-ortho nitro benzene ring substituents is 1. The lowest BCUT2D eigenvalue weighted by Gasteiger charge is -2.40. The first-order valence-electron chi connectivity index (χ1n) is 6.73. The van der Waals surface area contributed by atoms with Gasteiger partial charge in [-0.3, -0.25) is 19.8 Å². The summed E-state index contributed by atoms with van der Waals surface area (Å²) in [6.45, 7) is 3.73. The van der Waals surface area contributed by atoms with Gasteiger partial charge in [0.25, 0.3) is 5.69 Å². The second-order valence-electron chi connectivity index (χ2n) is 5.28.